The second kappa shape index (κ2) is 15.9. The molecule has 0 amide bonds. The zero-order chi connectivity index (χ0) is 52.7. The molecule has 2 aromatic heterocycles. The maximum Gasteiger partial charge on any atom is 0.149 e. The maximum absolute atomic E-state index is 12.7. The molecule has 0 atom stereocenters. The van der Waals surface area contributed by atoms with E-state index in [1.807, 2.05) is 126 Å². The van der Waals surface area contributed by atoms with Crippen molar-refractivity contribution in [2.24, 2.45) is 0 Å². The minimum absolute atomic E-state index is 0.00247. The zero-order valence-corrected chi connectivity index (χ0v) is 37.1. The van der Waals surface area contributed by atoms with Gasteiger partial charge in [0, 0.05) is 36.6 Å². The van der Waals surface area contributed by atoms with Crippen LogP contribution in [-0.2, 0) is 16.2 Å². The molecule has 8 rings (SSSR count). The van der Waals surface area contributed by atoms with Crippen LogP contribution in [0.3, 0.4) is 0 Å². The summed E-state index contributed by atoms with van der Waals surface area (Å²) in [7, 11) is 0. The summed E-state index contributed by atoms with van der Waals surface area (Å²) in [6, 6.07) is 41.7. The summed E-state index contributed by atoms with van der Waals surface area (Å²) < 4.78 is 88.9. The zero-order valence-electron chi connectivity index (χ0n) is 47.1. The van der Waals surface area contributed by atoms with E-state index >= 15 is 0 Å². The number of para-hydroxylation sites is 1. The van der Waals surface area contributed by atoms with Gasteiger partial charge in [-0.05, 0) is 128 Å². The molecule has 0 saturated carbocycles. The monoisotopic (exact) mass is 826 g/mol. The van der Waals surface area contributed by atoms with Crippen molar-refractivity contribution >= 4 is 11.0 Å². The molecule has 0 aliphatic carbocycles. The summed E-state index contributed by atoms with van der Waals surface area (Å²) in [6.45, 7) is 8.11. The molecule has 8 aromatic rings. The third-order valence-electron chi connectivity index (χ3n) is 11.7. The Morgan fingerprint density at radius 1 is 0.597 bits per heavy atom. The Kier molecular flexibility index (Phi) is 8.09. The summed E-state index contributed by atoms with van der Waals surface area (Å²) in [5.41, 5.74) is 6.25. The molecule has 6 aromatic carbocycles. The number of aromatic hydroxyl groups is 1. The Labute approximate surface area is 383 Å². The third-order valence-corrected chi connectivity index (χ3v) is 11.7. The van der Waals surface area contributed by atoms with Crippen molar-refractivity contribution in [3.63, 3.8) is 0 Å². The molecule has 4 nitrogen and oxygen atoms in total. The van der Waals surface area contributed by atoms with E-state index < -0.39 is 43.0 Å². The predicted molar refractivity (Wildman–Crippen MR) is 263 cm³/mol. The average Bonchev–Trinajstić information content (AvgIpc) is 3.69. The van der Waals surface area contributed by atoms with E-state index in [2.05, 4.69) is 39.0 Å². The van der Waals surface area contributed by atoms with Gasteiger partial charge >= 0.3 is 0 Å². The van der Waals surface area contributed by atoms with E-state index in [4.69, 9.17) is 23.7 Å². The molecule has 0 fully saturated rings. The first-order chi connectivity index (χ1) is 33.3. The summed E-state index contributed by atoms with van der Waals surface area (Å²) in [5, 5.41) is 12.7. The average molecular weight is 826 g/mol. The number of aromatic nitrogens is 3. The minimum Gasteiger partial charge on any atom is -0.507 e. The predicted octanol–water partition coefficient (Wildman–Crippen LogP) is 15.8. The Bertz CT molecular complexity index is 3310. The van der Waals surface area contributed by atoms with Gasteiger partial charge in [0.1, 0.15) is 11.6 Å². The van der Waals surface area contributed by atoms with Crippen molar-refractivity contribution in [2.75, 3.05) is 0 Å². The number of hydrogen-bond acceptors (Lipinski definition) is 3. The van der Waals surface area contributed by atoms with Crippen molar-refractivity contribution < 1.29 is 18.8 Å². The number of hydrogen-bond donors (Lipinski definition) is 1. The quantitative estimate of drug-likeness (QED) is 0.174. The van der Waals surface area contributed by atoms with Crippen LogP contribution in [-0.4, -0.2) is 19.6 Å². The van der Waals surface area contributed by atoms with Crippen molar-refractivity contribution in [3.8, 4) is 67.5 Å². The van der Waals surface area contributed by atoms with E-state index in [-0.39, 0.29) is 33.6 Å². The van der Waals surface area contributed by atoms with E-state index in [1.165, 1.54) is 6.07 Å². The van der Waals surface area contributed by atoms with Crippen LogP contribution in [0, 0.1) is 6.85 Å². The molecule has 0 saturated heterocycles. The number of nitrogens with zero attached hydrogens (tertiary/aromatic N) is 3. The molecule has 0 spiro atoms. The summed E-state index contributed by atoms with van der Waals surface area (Å²) >= 11 is 0. The molecular weight excluding hydrogens is 755 g/mol. The lowest BCUT2D eigenvalue weighted by Crippen LogP contribution is -2.17. The van der Waals surface area contributed by atoms with Gasteiger partial charge in [-0.2, -0.15) is 0 Å². The van der Waals surface area contributed by atoms with Gasteiger partial charge in [0.15, 0.2) is 0 Å². The highest BCUT2D eigenvalue weighted by molar-refractivity contribution is 5.97. The first-order valence-electron chi connectivity index (χ1n) is 26.1. The molecule has 0 radical (unpaired) electrons. The molecule has 314 valence electrons. The third kappa shape index (κ3) is 8.23. The number of imidazole rings is 1. The van der Waals surface area contributed by atoms with Crippen molar-refractivity contribution in [1.29, 1.82) is 0 Å². The van der Waals surface area contributed by atoms with Crippen molar-refractivity contribution in [2.45, 2.75) is 105 Å². The number of aryl methyl sites for hydroxylation is 1. The number of phenols is 1. The fourth-order valence-electron chi connectivity index (χ4n) is 8.04. The van der Waals surface area contributed by atoms with Crippen molar-refractivity contribution in [1.82, 2.24) is 14.5 Å². The lowest BCUT2D eigenvalue weighted by Gasteiger charge is -2.27. The molecule has 1 N–H and O–H groups in total. The number of fused-ring (bicyclic) bond motifs is 1. The fraction of sp³-hybridized carbons (Fsp3) is 0.276. The molecule has 0 aliphatic rings. The molecule has 62 heavy (non-hydrogen) atoms. The van der Waals surface area contributed by atoms with Crippen LogP contribution in [0.15, 0.2) is 140 Å². The summed E-state index contributed by atoms with van der Waals surface area (Å²) in [5.74, 6) is -1.25. The van der Waals surface area contributed by atoms with Gasteiger partial charge in [-0.1, -0.05) is 161 Å². The van der Waals surface area contributed by atoms with Crippen LogP contribution in [0.1, 0.15) is 123 Å². The number of phenolic OH excluding ortho intramolecular Hbond substituents is 1. The van der Waals surface area contributed by atoms with E-state index in [9.17, 15) is 5.11 Å². The van der Waals surface area contributed by atoms with Gasteiger partial charge in [0.25, 0.3) is 0 Å². The number of pyridine rings is 1. The highest BCUT2D eigenvalue weighted by atomic mass is 16.3. The normalized spacial score (nSPS) is 15.6. The van der Waals surface area contributed by atoms with E-state index in [1.54, 1.807) is 29.0 Å². The Morgan fingerprint density at radius 3 is 1.94 bits per heavy atom. The van der Waals surface area contributed by atoms with Crippen LogP contribution in [0.2, 0.25) is 0 Å². The van der Waals surface area contributed by atoms with Gasteiger partial charge in [-0.3, -0.25) is 9.55 Å². The van der Waals surface area contributed by atoms with Crippen LogP contribution in [0.4, 0.5) is 0 Å². The molecule has 4 heteroatoms. The second-order valence-corrected chi connectivity index (χ2v) is 18.9. The smallest absolute Gasteiger partial charge is 0.149 e. The first kappa shape index (κ1) is 31.6. The molecule has 0 aliphatic heterocycles. The SMILES string of the molecule is [2H]C([2H])([2H])c1cc(-c2ccccc2)ccc1-n1c(-c2cc(C(C)(C)C)cc(C(C)(C([2H])([2H])[2H])C([2H])([2H])[2H])c2O)nc2c(-c3cc(-c4cc(-c5ccc(C([2H])(C)C)cc5)ccn4)cc(C(C)(C)C)c3)cccc21. The fourth-order valence-corrected chi connectivity index (χ4v) is 8.04. The van der Waals surface area contributed by atoms with E-state index in [0.29, 0.717) is 27.7 Å². The molecule has 2 heterocycles. The van der Waals surface area contributed by atoms with Gasteiger partial charge in [-0.25, -0.2) is 4.98 Å². The van der Waals surface area contributed by atoms with Gasteiger partial charge < -0.3 is 5.11 Å². The number of benzene rings is 6. The van der Waals surface area contributed by atoms with Crippen LogP contribution in [0.25, 0.3) is 72.7 Å². The topological polar surface area (TPSA) is 50.9 Å². The van der Waals surface area contributed by atoms with E-state index in [0.717, 1.165) is 51.6 Å². The summed E-state index contributed by atoms with van der Waals surface area (Å²) in [6.07, 6.45) is 1.78. The largest absolute Gasteiger partial charge is 0.507 e. The Morgan fingerprint density at radius 2 is 1.26 bits per heavy atom. The van der Waals surface area contributed by atoms with Crippen LogP contribution in [0.5, 0.6) is 5.75 Å². The minimum atomic E-state index is -3.10. The standard InChI is InChI=1S/C58H61N3O/c1-36(2)38-21-23-40(24-22-38)42-27-28-59-50(33-42)44-30-43(31-45(32-44)56(4,5)6)47-19-16-20-52-53(47)60-55(48-34-46(57(7,8)9)35-49(54(48)62)58(10,11)12)61(52)51-26-25-41(29-37(51)3)39-17-14-13-15-18-39/h13-36,62H,1-12H3/i3D3,10D3,11D3,36D. The van der Waals surface area contributed by atoms with Gasteiger partial charge in [-0.15, -0.1) is 0 Å². The molecular formula is C58H61N3O. The second-order valence-electron chi connectivity index (χ2n) is 18.9. The number of rotatable bonds is 7. The molecule has 0 bridgehead atoms. The highest BCUT2D eigenvalue weighted by Gasteiger charge is 2.29. The lowest BCUT2D eigenvalue weighted by molar-refractivity contribution is 0.446. The lowest BCUT2D eigenvalue weighted by atomic mass is 9.79. The molecule has 0 unspecified atom stereocenters. The van der Waals surface area contributed by atoms with Crippen LogP contribution >= 0.6 is 0 Å². The first-order valence-corrected chi connectivity index (χ1v) is 21.1. The highest BCUT2D eigenvalue weighted by Crippen LogP contribution is 2.45. The van der Waals surface area contributed by atoms with Crippen molar-refractivity contribution in [3.05, 3.63) is 167 Å². The van der Waals surface area contributed by atoms with Gasteiger partial charge in [0.2, 0.25) is 0 Å². The maximum atomic E-state index is 12.7. The Balaban J connectivity index is 1.46. The Hall–Kier alpha value is -6.26. The summed E-state index contributed by atoms with van der Waals surface area (Å²) in [4.78, 5) is 10.2. The van der Waals surface area contributed by atoms with Crippen LogP contribution < -0.4 is 0 Å². The van der Waals surface area contributed by atoms with Gasteiger partial charge in [0.05, 0.1) is 28.0 Å².